The second-order valence-electron chi connectivity index (χ2n) is 2.28. The monoisotopic (exact) mass is 197 g/mol. The van der Waals surface area contributed by atoms with Crippen LogP contribution in [-0.4, -0.2) is 21.8 Å². The van der Waals surface area contributed by atoms with E-state index in [1.54, 1.807) is 6.07 Å². The molecule has 13 heavy (non-hydrogen) atoms. The summed E-state index contributed by atoms with van der Waals surface area (Å²) in [5.74, 6) is 5.33. The zero-order valence-corrected chi connectivity index (χ0v) is 7.54. The predicted molar refractivity (Wildman–Crippen MR) is 49.5 cm³/mol. The number of rotatable bonds is 1. The van der Waals surface area contributed by atoms with Gasteiger partial charge in [-0.2, -0.15) is 0 Å². The zero-order valence-electron chi connectivity index (χ0n) is 6.79. The lowest BCUT2D eigenvalue weighted by molar-refractivity contribution is 0.305. The normalized spacial score (nSPS) is 9.08. The largest absolute Gasteiger partial charge is 0.505 e. The van der Waals surface area contributed by atoms with E-state index < -0.39 is 0 Å². The number of aromatic hydroxyl groups is 1. The van der Waals surface area contributed by atoms with Crippen molar-refractivity contribution in [3.05, 3.63) is 23.0 Å². The molecule has 4 heteroatoms. The molecular weight excluding hydrogens is 190 g/mol. The van der Waals surface area contributed by atoms with E-state index in [9.17, 15) is 0 Å². The molecule has 0 radical (unpaired) electrons. The maximum atomic E-state index is 9.03. The Labute approximate surface area is 81.0 Å². The van der Waals surface area contributed by atoms with E-state index in [1.165, 1.54) is 6.07 Å². The van der Waals surface area contributed by atoms with E-state index in [-0.39, 0.29) is 17.5 Å². The summed E-state index contributed by atoms with van der Waals surface area (Å²) in [6.45, 7) is 0.0266. The molecule has 3 nitrogen and oxygen atoms in total. The summed E-state index contributed by atoms with van der Waals surface area (Å²) < 4.78 is 0. The van der Waals surface area contributed by atoms with Crippen LogP contribution in [-0.2, 0) is 0 Å². The first-order chi connectivity index (χ1) is 6.24. The number of aromatic nitrogens is 1. The van der Waals surface area contributed by atoms with Gasteiger partial charge in [-0.3, -0.25) is 0 Å². The van der Waals surface area contributed by atoms with Crippen molar-refractivity contribution in [2.45, 2.75) is 6.42 Å². The van der Waals surface area contributed by atoms with E-state index in [0.29, 0.717) is 12.1 Å². The number of hydrogen-bond acceptors (Lipinski definition) is 3. The van der Waals surface area contributed by atoms with Crippen LogP contribution < -0.4 is 0 Å². The molecule has 0 amide bonds. The first-order valence-corrected chi connectivity index (χ1v) is 4.07. The van der Waals surface area contributed by atoms with Crippen LogP contribution in [0.2, 0.25) is 5.15 Å². The van der Waals surface area contributed by atoms with Crippen molar-refractivity contribution in [2.75, 3.05) is 6.61 Å². The van der Waals surface area contributed by atoms with E-state index in [0.717, 1.165) is 0 Å². The number of aliphatic hydroxyl groups excluding tert-OH is 1. The second-order valence-corrected chi connectivity index (χ2v) is 2.64. The Morgan fingerprint density at radius 1 is 1.46 bits per heavy atom. The van der Waals surface area contributed by atoms with Gasteiger partial charge in [0.25, 0.3) is 0 Å². The Bertz CT molecular complexity index is 354. The van der Waals surface area contributed by atoms with Crippen LogP contribution in [0.25, 0.3) is 0 Å². The van der Waals surface area contributed by atoms with Gasteiger partial charge in [0, 0.05) is 6.42 Å². The zero-order chi connectivity index (χ0) is 9.68. The minimum absolute atomic E-state index is 0.0266. The Hall–Kier alpha value is -1.24. The number of hydrogen-bond donors (Lipinski definition) is 2. The third-order valence-electron chi connectivity index (χ3n) is 1.28. The SMILES string of the molecule is OCCC#Cc1ccc(O)c(Cl)n1. The topological polar surface area (TPSA) is 53.4 Å². The molecule has 0 bridgehead atoms. The summed E-state index contributed by atoms with van der Waals surface area (Å²) in [6, 6.07) is 2.99. The Balaban J connectivity index is 2.81. The molecule has 0 atom stereocenters. The molecule has 0 aromatic carbocycles. The fourth-order valence-corrected chi connectivity index (χ4v) is 0.860. The van der Waals surface area contributed by atoms with Crippen LogP contribution in [0.3, 0.4) is 0 Å². The third-order valence-corrected chi connectivity index (χ3v) is 1.56. The molecule has 0 aliphatic heterocycles. The van der Waals surface area contributed by atoms with Gasteiger partial charge >= 0.3 is 0 Å². The standard InChI is InChI=1S/C9H8ClNO2/c10-9-8(13)5-4-7(11-9)3-1-2-6-12/h4-5,12-13H,2,6H2. The van der Waals surface area contributed by atoms with Crippen molar-refractivity contribution in [1.82, 2.24) is 4.98 Å². The predicted octanol–water partition coefficient (Wildman–Crippen LogP) is 1.17. The summed E-state index contributed by atoms with van der Waals surface area (Å²) in [7, 11) is 0. The molecule has 1 rings (SSSR count). The molecule has 0 fully saturated rings. The van der Waals surface area contributed by atoms with Crippen LogP contribution in [0.4, 0.5) is 0 Å². The van der Waals surface area contributed by atoms with Gasteiger partial charge in [-0.25, -0.2) is 4.98 Å². The molecule has 2 N–H and O–H groups in total. The van der Waals surface area contributed by atoms with Crippen molar-refractivity contribution < 1.29 is 10.2 Å². The fourth-order valence-electron chi connectivity index (χ4n) is 0.706. The Morgan fingerprint density at radius 3 is 2.85 bits per heavy atom. The van der Waals surface area contributed by atoms with Gasteiger partial charge in [-0.15, -0.1) is 0 Å². The highest BCUT2D eigenvalue weighted by Crippen LogP contribution is 2.19. The molecule has 0 aliphatic carbocycles. The van der Waals surface area contributed by atoms with Crippen molar-refractivity contribution in [2.24, 2.45) is 0 Å². The second kappa shape index (κ2) is 4.70. The molecule has 0 saturated heterocycles. The molecular formula is C9H8ClNO2. The highest BCUT2D eigenvalue weighted by atomic mass is 35.5. The lowest BCUT2D eigenvalue weighted by Gasteiger charge is -1.94. The van der Waals surface area contributed by atoms with Gasteiger partial charge in [0.1, 0.15) is 5.69 Å². The first kappa shape index (κ1) is 9.85. The minimum atomic E-state index is -0.0608. The van der Waals surface area contributed by atoms with E-state index in [2.05, 4.69) is 16.8 Å². The number of pyridine rings is 1. The molecule has 68 valence electrons. The summed E-state index contributed by atoms with van der Waals surface area (Å²) in [5.41, 5.74) is 0.483. The van der Waals surface area contributed by atoms with Crippen LogP contribution in [0.5, 0.6) is 5.75 Å². The van der Waals surface area contributed by atoms with Crippen molar-refractivity contribution in [3.63, 3.8) is 0 Å². The van der Waals surface area contributed by atoms with E-state index in [1.807, 2.05) is 0 Å². The van der Waals surface area contributed by atoms with Crippen LogP contribution in [0.1, 0.15) is 12.1 Å². The Morgan fingerprint density at radius 2 is 2.23 bits per heavy atom. The van der Waals surface area contributed by atoms with Gasteiger partial charge in [-0.05, 0) is 18.1 Å². The van der Waals surface area contributed by atoms with E-state index in [4.69, 9.17) is 21.8 Å². The fraction of sp³-hybridized carbons (Fsp3) is 0.222. The lowest BCUT2D eigenvalue weighted by Crippen LogP contribution is -1.83. The molecule has 1 aromatic heterocycles. The van der Waals surface area contributed by atoms with E-state index >= 15 is 0 Å². The molecule has 0 unspecified atom stereocenters. The molecule has 0 saturated carbocycles. The summed E-state index contributed by atoms with van der Waals surface area (Å²) in [6.07, 6.45) is 0.403. The first-order valence-electron chi connectivity index (χ1n) is 3.69. The maximum absolute atomic E-state index is 9.03. The summed E-state index contributed by atoms with van der Waals surface area (Å²) in [4.78, 5) is 3.80. The average Bonchev–Trinajstić information content (AvgIpc) is 2.12. The highest BCUT2D eigenvalue weighted by Gasteiger charge is 1.98. The number of nitrogens with zero attached hydrogens (tertiary/aromatic N) is 1. The smallest absolute Gasteiger partial charge is 0.172 e. The summed E-state index contributed by atoms with van der Waals surface area (Å²) in [5, 5.41) is 17.5. The highest BCUT2D eigenvalue weighted by molar-refractivity contribution is 6.30. The average molecular weight is 198 g/mol. The molecule has 0 spiro atoms. The van der Waals surface area contributed by atoms with Crippen LogP contribution in [0.15, 0.2) is 12.1 Å². The van der Waals surface area contributed by atoms with Crippen molar-refractivity contribution in [1.29, 1.82) is 0 Å². The Kier molecular flexibility index (Phi) is 3.56. The van der Waals surface area contributed by atoms with Gasteiger partial charge in [-0.1, -0.05) is 17.5 Å². The minimum Gasteiger partial charge on any atom is -0.505 e. The van der Waals surface area contributed by atoms with Gasteiger partial charge in [0.15, 0.2) is 10.9 Å². The number of aliphatic hydroxyl groups is 1. The third kappa shape index (κ3) is 2.94. The lowest BCUT2D eigenvalue weighted by atomic mass is 10.3. The molecule has 1 aromatic rings. The number of halogens is 1. The summed E-state index contributed by atoms with van der Waals surface area (Å²) >= 11 is 5.55. The van der Waals surface area contributed by atoms with Gasteiger partial charge < -0.3 is 10.2 Å². The molecule has 1 heterocycles. The van der Waals surface area contributed by atoms with Crippen LogP contribution >= 0.6 is 11.6 Å². The van der Waals surface area contributed by atoms with Crippen molar-refractivity contribution >= 4 is 11.6 Å². The van der Waals surface area contributed by atoms with Gasteiger partial charge in [0.2, 0.25) is 0 Å². The molecule has 0 aliphatic rings. The van der Waals surface area contributed by atoms with Gasteiger partial charge in [0.05, 0.1) is 6.61 Å². The maximum Gasteiger partial charge on any atom is 0.172 e. The quantitative estimate of drug-likeness (QED) is 0.525. The van der Waals surface area contributed by atoms with Crippen LogP contribution in [0, 0.1) is 11.8 Å². The van der Waals surface area contributed by atoms with Crippen molar-refractivity contribution in [3.8, 4) is 17.6 Å².